The molecule has 1 N–H and O–H groups in total. The third kappa shape index (κ3) is 2.98. The van der Waals surface area contributed by atoms with E-state index in [2.05, 4.69) is 40.6 Å². The Kier molecular flexibility index (Phi) is 3.95. The van der Waals surface area contributed by atoms with Crippen LogP contribution in [0.25, 0.3) is 10.2 Å². The Balaban J connectivity index is 1.71. The van der Waals surface area contributed by atoms with Crippen LogP contribution in [0.4, 0.5) is 5.13 Å². The molecular weight excluding hydrogens is 268 g/mol. The highest BCUT2D eigenvalue weighted by molar-refractivity contribution is 7.22. The van der Waals surface area contributed by atoms with Crippen molar-refractivity contribution in [1.29, 1.82) is 0 Å². The topological polar surface area (TPSA) is 34.1 Å². The molecule has 0 aliphatic carbocycles. The van der Waals surface area contributed by atoms with Gasteiger partial charge in [-0.25, -0.2) is 4.98 Å². The largest absolute Gasteiger partial charge is 0.380 e. The molecule has 4 heteroatoms. The van der Waals surface area contributed by atoms with Gasteiger partial charge in [-0.15, -0.1) is 0 Å². The molecule has 0 radical (unpaired) electrons. The lowest BCUT2D eigenvalue weighted by atomic mass is 10.1. The molecule has 0 bridgehead atoms. The maximum atomic E-state index is 5.15. The van der Waals surface area contributed by atoms with Gasteiger partial charge in [0.1, 0.15) is 0 Å². The van der Waals surface area contributed by atoms with E-state index in [-0.39, 0.29) is 0 Å². The maximum Gasteiger partial charge on any atom is 0.184 e. The van der Waals surface area contributed by atoms with Crippen molar-refractivity contribution in [1.82, 2.24) is 4.98 Å². The van der Waals surface area contributed by atoms with Crippen LogP contribution < -0.4 is 5.32 Å². The van der Waals surface area contributed by atoms with E-state index in [0.29, 0.717) is 6.61 Å². The minimum atomic E-state index is 0.648. The first-order chi connectivity index (χ1) is 9.85. The Hall–Kier alpha value is -1.91. The zero-order valence-electron chi connectivity index (χ0n) is 11.3. The number of para-hydroxylation sites is 1. The van der Waals surface area contributed by atoms with Crippen molar-refractivity contribution in [2.45, 2.75) is 13.2 Å². The molecule has 3 rings (SSSR count). The van der Waals surface area contributed by atoms with Crippen molar-refractivity contribution in [2.75, 3.05) is 12.4 Å². The van der Waals surface area contributed by atoms with E-state index in [1.807, 2.05) is 18.2 Å². The number of methoxy groups -OCH3 is 1. The van der Waals surface area contributed by atoms with Gasteiger partial charge in [0, 0.05) is 13.7 Å². The molecule has 0 aliphatic heterocycles. The minimum absolute atomic E-state index is 0.648. The molecule has 20 heavy (non-hydrogen) atoms. The normalized spacial score (nSPS) is 10.8. The monoisotopic (exact) mass is 284 g/mol. The van der Waals surface area contributed by atoms with Gasteiger partial charge in [0.15, 0.2) is 5.13 Å². The molecule has 3 aromatic rings. The van der Waals surface area contributed by atoms with Crippen molar-refractivity contribution in [3.63, 3.8) is 0 Å². The van der Waals surface area contributed by atoms with Gasteiger partial charge < -0.3 is 10.1 Å². The third-order valence-electron chi connectivity index (χ3n) is 3.04. The fraction of sp³-hybridized carbons (Fsp3) is 0.188. The number of nitrogens with zero attached hydrogens (tertiary/aromatic N) is 1. The van der Waals surface area contributed by atoms with E-state index in [9.17, 15) is 0 Å². The van der Waals surface area contributed by atoms with Crippen molar-refractivity contribution >= 4 is 26.7 Å². The number of hydrogen-bond acceptors (Lipinski definition) is 4. The van der Waals surface area contributed by atoms with Crippen LogP contribution in [0.2, 0.25) is 0 Å². The van der Waals surface area contributed by atoms with E-state index in [1.165, 1.54) is 15.8 Å². The Morgan fingerprint density at radius 3 is 2.80 bits per heavy atom. The fourth-order valence-corrected chi connectivity index (χ4v) is 2.98. The number of hydrogen-bond donors (Lipinski definition) is 1. The highest BCUT2D eigenvalue weighted by atomic mass is 32.1. The summed E-state index contributed by atoms with van der Waals surface area (Å²) in [4.78, 5) is 4.57. The quantitative estimate of drug-likeness (QED) is 0.767. The number of aromatic nitrogens is 1. The average Bonchev–Trinajstić information content (AvgIpc) is 2.89. The molecule has 3 nitrogen and oxygen atoms in total. The van der Waals surface area contributed by atoms with Crippen LogP contribution in [0, 0.1) is 0 Å². The van der Waals surface area contributed by atoms with Gasteiger partial charge in [-0.3, -0.25) is 0 Å². The number of ether oxygens (including phenoxy) is 1. The molecule has 1 aromatic heterocycles. The number of benzene rings is 2. The van der Waals surface area contributed by atoms with Gasteiger partial charge in [0.05, 0.1) is 16.8 Å². The van der Waals surface area contributed by atoms with Crippen molar-refractivity contribution < 1.29 is 4.74 Å². The first-order valence-corrected chi connectivity index (χ1v) is 7.33. The van der Waals surface area contributed by atoms with Gasteiger partial charge in [-0.2, -0.15) is 0 Å². The lowest BCUT2D eigenvalue weighted by Gasteiger charge is -2.05. The zero-order chi connectivity index (χ0) is 13.8. The molecule has 102 valence electrons. The highest BCUT2D eigenvalue weighted by Gasteiger charge is 2.02. The molecule has 0 amide bonds. The van der Waals surface area contributed by atoms with Crippen LogP contribution in [-0.4, -0.2) is 12.1 Å². The summed E-state index contributed by atoms with van der Waals surface area (Å²) < 4.78 is 6.37. The number of fused-ring (bicyclic) bond motifs is 1. The predicted molar refractivity (Wildman–Crippen MR) is 84.1 cm³/mol. The Labute approximate surface area is 122 Å². The lowest BCUT2D eigenvalue weighted by Crippen LogP contribution is -1.99. The van der Waals surface area contributed by atoms with Gasteiger partial charge in [-0.1, -0.05) is 47.7 Å². The number of thiazole rings is 1. The Morgan fingerprint density at radius 2 is 1.95 bits per heavy atom. The SMILES string of the molecule is COCc1cccc(CNc2nc3ccccc3s2)c1. The second-order valence-corrected chi connectivity index (χ2v) is 5.62. The summed E-state index contributed by atoms with van der Waals surface area (Å²) in [6.45, 7) is 1.42. The van der Waals surface area contributed by atoms with Crippen molar-refractivity contribution in [3.05, 3.63) is 59.7 Å². The van der Waals surface area contributed by atoms with E-state index in [1.54, 1.807) is 18.4 Å². The Bertz CT molecular complexity index is 675. The minimum Gasteiger partial charge on any atom is -0.380 e. The van der Waals surface area contributed by atoms with E-state index < -0.39 is 0 Å². The third-order valence-corrected chi connectivity index (χ3v) is 4.03. The smallest absolute Gasteiger partial charge is 0.184 e. The molecule has 0 aliphatic rings. The Morgan fingerprint density at radius 1 is 1.10 bits per heavy atom. The second-order valence-electron chi connectivity index (χ2n) is 4.59. The summed E-state index contributed by atoms with van der Waals surface area (Å²) >= 11 is 1.68. The molecule has 1 heterocycles. The molecule has 0 atom stereocenters. The summed E-state index contributed by atoms with van der Waals surface area (Å²) in [5.41, 5.74) is 3.48. The molecule has 0 unspecified atom stereocenters. The van der Waals surface area contributed by atoms with Gasteiger partial charge in [0.25, 0.3) is 0 Å². The summed E-state index contributed by atoms with van der Waals surface area (Å²) in [6, 6.07) is 16.6. The number of nitrogens with one attached hydrogen (secondary N) is 1. The summed E-state index contributed by atoms with van der Waals surface area (Å²) in [5.74, 6) is 0. The first kappa shape index (κ1) is 13.1. The van der Waals surface area contributed by atoms with Crippen LogP contribution >= 0.6 is 11.3 Å². The highest BCUT2D eigenvalue weighted by Crippen LogP contribution is 2.25. The molecule has 0 saturated heterocycles. The summed E-state index contributed by atoms with van der Waals surface area (Å²) in [5, 5.41) is 4.35. The molecule has 0 saturated carbocycles. The maximum absolute atomic E-state index is 5.15. The van der Waals surface area contributed by atoms with Crippen LogP contribution in [0.3, 0.4) is 0 Å². The lowest BCUT2D eigenvalue weighted by molar-refractivity contribution is 0.185. The molecule has 0 spiro atoms. The van der Waals surface area contributed by atoms with Crippen molar-refractivity contribution in [2.24, 2.45) is 0 Å². The van der Waals surface area contributed by atoms with E-state index in [0.717, 1.165) is 17.2 Å². The van der Waals surface area contributed by atoms with Crippen LogP contribution in [-0.2, 0) is 17.9 Å². The second kappa shape index (κ2) is 6.03. The molecule has 0 fully saturated rings. The van der Waals surface area contributed by atoms with E-state index in [4.69, 9.17) is 4.74 Å². The standard InChI is InChI=1S/C16H16N2OS/c1-19-11-13-6-4-5-12(9-13)10-17-16-18-14-7-2-3-8-15(14)20-16/h2-9H,10-11H2,1H3,(H,17,18). The number of rotatable bonds is 5. The van der Waals surface area contributed by atoms with E-state index >= 15 is 0 Å². The zero-order valence-corrected chi connectivity index (χ0v) is 12.1. The molecule has 2 aromatic carbocycles. The van der Waals surface area contributed by atoms with Crippen LogP contribution in [0.5, 0.6) is 0 Å². The van der Waals surface area contributed by atoms with Gasteiger partial charge in [-0.05, 0) is 23.3 Å². The van der Waals surface area contributed by atoms with Crippen LogP contribution in [0.15, 0.2) is 48.5 Å². The number of anilines is 1. The predicted octanol–water partition coefficient (Wildman–Crippen LogP) is 4.05. The van der Waals surface area contributed by atoms with Gasteiger partial charge in [0.2, 0.25) is 0 Å². The first-order valence-electron chi connectivity index (χ1n) is 6.51. The summed E-state index contributed by atoms with van der Waals surface area (Å²) in [6.07, 6.45) is 0. The van der Waals surface area contributed by atoms with Crippen molar-refractivity contribution in [3.8, 4) is 0 Å². The summed E-state index contributed by atoms with van der Waals surface area (Å²) in [7, 11) is 1.71. The average molecular weight is 284 g/mol. The molecular formula is C16H16N2OS. The van der Waals surface area contributed by atoms with Crippen LogP contribution in [0.1, 0.15) is 11.1 Å². The van der Waals surface area contributed by atoms with Gasteiger partial charge >= 0.3 is 0 Å². The fourth-order valence-electron chi connectivity index (χ4n) is 2.12.